The lowest BCUT2D eigenvalue weighted by molar-refractivity contribution is -0.137. The number of halogens is 4. The molecule has 31 heavy (non-hydrogen) atoms. The SMILES string of the molecule is O=C(CN1CCN(c2ccc(Cl)c(C(F)(F)F)c2)CC1)N1CCN(C2CCCC2)CC1. The third kappa shape index (κ3) is 5.46. The average Bonchev–Trinajstić information content (AvgIpc) is 3.29. The van der Waals surface area contributed by atoms with Gasteiger partial charge < -0.3 is 9.80 Å². The molecule has 2 aliphatic heterocycles. The first-order valence-electron chi connectivity index (χ1n) is 11.2. The van der Waals surface area contributed by atoms with E-state index in [1.54, 1.807) is 6.07 Å². The summed E-state index contributed by atoms with van der Waals surface area (Å²) < 4.78 is 39.4. The van der Waals surface area contributed by atoms with Gasteiger partial charge in [0.1, 0.15) is 0 Å². The van der Waals surface area contributed by atoms with E-state index < -0.39 is 11.7 Å². The van der Waals surface area contributed by atoms with Crippen molar-refractivity contribution in [2.45, 2.75) is 37.9 Å². The maximum Gasteiger partial charge on any atom is 0.417 e. The first-order valence-corrected chi connectivity index (χ1v) is 11.5. The molecule has 9 heteroatoms. The van der Waals surface area contributed by atoms with Crippen LogP contribution in [0.15, 0.2) is 18.2 Å². The molecule has 0 aromatic heterocycles. The Morgan fingerprint density at radius 2 is 1.61 bits per heavy atom. The molecule has 1 amide bonds. The molecule has 2 heterocycles. The molecule has 0 atom stereocenters. The van der Waals surface area contributed by atoms with Crippen LogP contribution in [0.4, 0.5) is 18.9 Å². The van der Waals surface area contributed by atoms with Crippen LogP contribution in [-0.2, 0) is 11.0 Å². The standard InChI is InChI=1S/C22H30ClF3N4O/c23-20-6-5-18(15-19(20)22(24,25)26)29-9-7-27(8-10-29)16-21(31)30-13-11-28(12-14-30)17-3-1-2-4-17/h5-6,15,17H,1-4,7-14,16H2. The fourth-order valence-corrected chi connectivity index (χ4v) is 5.21. The number of carbonyl (C=O) groups excluding carboxylic acids is 1. The molecule has 1 aromatic rings. The van der Waals surface area contributed by atoms with Crippen molar-refractivity contribution in [1.82, 2.24) is 14.7 Å². The summed E-state index contributed by atoms with van der Waals surface area (Å²) in [6, 6.07) is 4.76. The first kappa shape index (κ1) is 22.7. The van der Waals surface area contributed by atoms with Crippen LogP contribution in [-0.4, -0.2) is 85.6 Å². The quantitative estimate of drug-likeness (QED) is 0.690. The number of benzene rings is 1. The van der Waals surface area contributed by atoms with Gasteiger partial charge in [0.2, 0.25) is 5.91 Å². The smallest absolute Gasteiger partial charge is 0.369 e. The van der Waals surface area contributed by atoms with Crippen LogP contribution in [0.5, 0.6) is 0 Å². The second-order valence-electron chi connectivity index (χ2n) is 8.78. The van der Waals surface area contributed by atoms with E-state index in [-0.39, 0.29) is 10.9 Å². The summed E-state index contributed by atoms with van der Waals surface area (Å²) in [7, 11) is 0. The Bertz CT molecular complexity index is 769. The zero-order valence-corrected chi connectivity index (χ0v) is 18.5. The van der Waals surface area contributed by atoms with Gasteiger partial charge >= 0.3 is 6.18 Å². The van der Waals surface area contributed by atoms with Crippen molar-refractivity contribution < 1.29 is 18.0 Å². The molecule has 4 rings (SSSR count). The van der Waals surface area contributed by atoms with Gasteiger partial charge in [-0.15, -0.1) is 0 Å². The highest BCUT2D eigenvalue weighted by molar-refractivity contribution is 6.31. The van der Waals surface area contributed by atoms with E-state index in [1.165, 1.54) is 31.7 Å². The molecule has 172 valence electrons. The minimum Gasteiger partial charge on any atom is -0.369 e. The number of amides is 1. The van der Waals surface area contributed by atoms with Gasteiger partial charge in [0.15, 0.2) is 0 Å². The van der Waals surface area contributed by atoms with Gasteiger partial charge in [-0.2, -0.15) is 13.2 Å². The van der Waals surface area contributed by atoms with E-state index >= 15 is 0 Å². The molecule has 1 aromatic carbocycles. The van der Waals surface area contributed by atoms with Crippen LogP contribution in [0.25, 0.3) is 0 Å². The Kier molecular flexibility index (Phi) is 6.98. The lowest BCUT2D eigenvalue weighted by Gasteiger charge is -2.40. The molecule has 0 bridgehead atoms. The Balaban J connectivity index is 1.25. The molecule has 3 fully saturated rings. The monoisotopic (exact) mass is 458 g/mol. The maximum atomic E-state index is 13.1. The Hall–Kier alpha value is -1.51. The number of rotatable bonds is 4. The largest absolute Gasteiger partial charge is 0.417 e. The molecule has 1 saturated carbocycles. The van der Waals surface area contributed by atoms with E-state index in [9.17, 15) is 18.0 Å². The fraction of sp³-hybridized carbons (Fsp3) is 0.682. The molecule has 0 radical (unpaired) electrons. The van der Waals surface area contributed by atoms with Gasteiger partial charge in [0.25, 0.3) is 0 Å². The molecular weight excluding hydrogens is 429 g/mol. The fourth-order valence-electron chi connectivity index (χ4n) is 4.99. The van der Waals surface area contributed by atoms with Gasteiger partial charge in [-0.3, -0.25) is 14.6 Å². The average molecular weight is 459 g/mol. The zero-order valence-electron chi connectivity index (χ0n) is 17.7. The van der Waals surface area contributed by atoms with E-state index in [4.69, 9.17) is 11.6 Å². The summed E-state index contributed by atoms with van der Waals surface area (Å²) in [5.74, 6) is 0.158. The van der Waals surface area contributed by atoms with Gasteiger partial charge in [0, 0.05) is 64.1 Å². The summed E-state index contributed by atoms with van der Waals surface area (Å²) >= 11 is 5.73. The molecule has 0 spiro atoms. The number of hydrogen-bond acceptors (Lipinski definition) is 4. The lowest BCUT2D eigenvalue weighted by Crippen LogP contribution is -2.55. The highest BCUT2D eigenvalue weighted by Crippen LogP contribution is 2.37. The second kappa shape index (κ2) is 9.55. The number of anilines is 1. The topological polar surface area (TPSA) is 30.0 Å². The molecule has 0 unspecified atom stereocenters. The van der Waals surface area contributed by atoms with Gasteiger partial charge in [-0.05, 0) is 31.0 Å². The van der Waals surface area contributed by atoms with E-state index in [1.807, 2.05) is 9.80 Å². The number of piperazine rings is 2. The normalized spacial score (nSPS) is 22.3. The summed E-state index contributed by atoms with van der Waals surface area (Å²) in [5, 5.41) is -0.284. The van der Waals surface area contributed by atoms with Crippen LogP contribution in [0.3, 0.4) is 0 Å². The van der Waals surface area contributed by atoms with Crippen molar-refractivity contribution in [2.24, 2.45) is 0 Å². The first-order chi connectivity index (χ1) is 14.8. The molecule has 3 aliphatic rings. The molecular formula is C22H30ClF3N4O. The van der Waals surface area contributed by atoms with Crippen LogP contribution in [0.2, 0.25) is 5.02 Å². The zero-order chi connectivity index (χ0) is 22.0. The van der Waals surface area contributed by atoms with Crippen LogP contribution in [0, 0.1) is 0 Å². The Morgan fingerprint density at radius 1 is 0.968 bits per heavy atom. The summed E-state index contributed by atoms with van der Waals surface area (Å²) in [6.07, 6.45) is 0.752. The Morgan fingerprint density at radius 3 is 2.23 bits per heavy atom. The van der Waals surface area contributed by atoms with Crippen molar-refractivity contribution in [3.63, 3.8) is 0 Å². The van der Waals surface area contributed by atoms with Crippen molar-refractivity contribution in [2.75, 3.05) is 63.8 Å². The molecule has 1 aliphatic carbocycles. The minimum absolute atomic E-state index is 0.158. The summed E-state index contributed by atoms with van der Waals surface area (Å²) in [5.41, 5.74) is -0.285. The van der Waals surface area contributed by atoms with Crippen molar-refractivity contribution in [3.8, 4) is 0 Å². The van der Waals surface area contributed by atoms with E-state index in [0.717, 1.165) is 32.2 Å². The van der Waals surface area contributed by atoms with E-state index in [2.05, 4.69) is 9.80 Å². The molecule has 0 N–H and O–H groups in total. The predicted octanol–water partition coefficient (Wildman–Crippen LogP) is 3.57. The number of hydrogen-bond donors (Lipinski definition) is 0. The molecule has 2 saturated heterocycles. The van der Waals surface area contributed by atoms with Gasteiger partial charge in [0.05, 0.1) is 17.1 Å². The van der Waals surface area contributed by atoms with Gasteiger partial charge in [-0.25, -0.2) is 0 Å². The van der Waals surface area contributed by atoms with E-state index in [0.29, 0.717) is 44.5 Å². The van der Waals surface area contributed by atoms with Gasteiger partial charge in [-0.1, -0.05) is 24.4 Å². The number of alkyl halides is 3. The van der Waals surface area contributed by atoms with Crippen LogP contribution >= 0.6 is 11.6 Å². The third-order valence-electron chi connectivity index (χ3n) is 6.86. The molecule has 5 nitrogen and oxygen atoms in total. The van der Waals surface area contributed by atoms with Crippen molar-refractivity contribution >= 4 is 23.2 Å². The maximum absolute atomic E-state index is 13.1. The van der Waals surface area contributed by atoms with Crippen LogP contribution in [0.1, 0.15) is 31.2 Å². The highest BCUT2D eigenvalue weighted by atomic mass is 35.5. The minimum atomic E-state index is -4.47. The van der Waals surface area contributed by atoms with Crippen molar-refractivity contribution in [3.05, 3.63) is 28.8 Å². The summed E-state index contributed by atoms with van der Waals surface area (Å²) in [6.45, 7) is 6.36. The lowest BCUT2D eigenvalue weighted by atomic mass is 10.1. The predicted molar refractivity (Wildman–Crippen MR) is 116 cm³/mol. The highest BCUT2D eigenvalue weighted by Gasteiger charge is 2.34. The number of carbonyl (C=O) groups is 1. The summed E-state index contributed by atoms with van der Waals surface area (Å²) in [4.78, 5) is 21.3. The van der Waals surface area contributed by atoms with Crippen LogP contribution < -0.4 is 4.90 Å². The number of nitrogens with zero attached hydrogens (tertiary/aromatic N) is 4. The Labute approximate surface area is 186 Å². The van der Waals surface area contributed by atoms with Crippen molar-refractivity contribution in [1.29, 1.82) is 0 Å². The third-order valence-corrected chi connectivity index (χ3v) is 7.19. The second-order valence-corrected chi connectivity index (χ2v) is 9.19.